The van der Waals surface area contributed by atoms with Gasteiger partial charge in [-0.25, -0.2) is 0 Å². The molecule has 0 atom stereocenters. The molecule has 0 fully saturated rings. The summed E-state index contributed by atoms with van der Waals surface area (Å²) in [7, 11) is 1.72. The Balaban J connectivity index is 2.32. The maximum atomic E-state index is 12.5. The van der Waals surface area contributed by atoms with Gasteiger partial charge in [0.25, 0.3) is 5.91 Å². The molecule has 20 heavy (non-hydrogen) atoms. The van der Waals surface area contributed by atoms with E-state index >= 15 is 0 Å². The van der Waals surface area contributed by atoms with E-state index in [4.69, 9.17) is 0 Å². The minimum absolute atomic E-state index is 0.0648. The Bertz CT molecular complexity index is 686. The zero-order chi connectivity index (χ0) is 14.3. The molecule has 3 rings (SSSR count). The fourth-order valence-corrected chi connectivity index (χ4v) is 2.56. The fraction of sp³-hybridized carbons (Fsp3) is 0.200. The van der Waals surface area contributed by atoms with E-state index in [1.807, 2.05) is 6.92 Å². The Hall–Kier alpha value is -2.56. The summed E-state index contributed by atoms with van der Waals surface area (Å²) >= 11 is 0. The summed E-state index contributed by atoms with van der Waals surface area (Å²) < 4.78 is 0. The van der Waals surface area contributed by atoms with Crippen LogP contribution in [0.15, 0.2) is 47.8 Å². The van der Waals surface area contributed by atoms with Gasteiger partial charge in [-0.05, 0) is 24.6 Å². The third-order valence-corrected chi connectivity index (χ3v) is 3.55. The summed E-state index contributed by atoms with van der Waals surface area (Å²) in [5.41, 5.74) is 3.65. The Labute approximate surface area is 116 Å². The molecule has 2 N–H and O–H groups in total. The highest BCUT2D eigenvalue weighted by atomic mass is 16.3. The number of aliphatic hydroxyl groups excluding tert-OH is 1. The Morgan fingerprint density at radius 2 is 2.20 bits per heavy atom. The summed E-state index contributed by atoms with van der Waals surface area (Å²) in [5.74, 6) is -0.0354. The molecule has 3 heterocycles. The number of allylic oxidation sites excluding steroid dienone is 3. The van der Waals surface area contributed by atoms with E-state index in [0.29, 0.717) is 17.7 Å². The molecule has 102 valence electrons. The van der Waals surface area contributed by atoms with Crippen LogP contribution in [0.1, 0.15) is 29.4 Å². The highest BCUT2D eigenvalue weighted by Gasteiger charge is 2.30. The third-order valence-electron chi connectivity index (χ3n) is 3.55. The highest BCUT2D eigenvalue weighted by molar-refractivity contribution is 6.02. The van der Waals surface area contributed by atoms with Crippen molar-refractivity contribution in [2.75, 3.05) is 7.05 Å². The molecule has 1 aromatic heterocycles. The van der Waals surface area contributed by atoms with Gasteiger partial charge >= 0.3 is 0 Å². The zero-order valence-corrected chi connectivity index (χ0v) is 11.3. The van der Waals surface area contributed by atoms with E-state index in [1.165, 1.54) is 0 Å². The monoisotopic (exact) mass is 269 g/mol. The minimum atomic E-state index is -0.100. The third kappa shape index (κ3) is 1.71. The lowest BCUT2D eigenvalue weighted by Crippen LogP contribution is -2.30. The Kier molecular flexibility index (Phi) is 2.82. The molecule has 0 aliphatic carbocycles. The minimum Gasteiger partial charge on any atom is -0.495 e. The van der Waals surface area contributed by atoms with E-state index in [0.717, 1.165) is 17.0 Å². The van der Waals surface area contributed by atoms with Crippen LogP contribution in [0.2, 0.25) is 0 Å². The van der Waals surface area contributed by atoms with Crippen molar-refractivity contribution in [3.8, 4) is 0 Å². The summed E-state index contributed by atoms with van der Waals surface area (Å²) in [5, 5.41) is 12.6. The summed E-state index contributed by atoms with van der Waals surface area (Å²) in [4.78, 5) is 18.5. The number of hydrogen-bond acceptors (Lipinski definition) is 4. The topological polar surface area (TPSA) is 65.5 Å². The second-order valence-corrected chi connectivity index (χ2v) is 4.70. The molecule has 2 aliphatic heterocycles. The molecule has 1 amide bonds. The number of aliphatic hydroxyl groups is 1. The number of hydrogen-bond donors (Lipinski definition) is 2. The van der Waals surface area contributed by atoms with Crippen LogP contribution in [-0.4, -0.2) is 27.9 Å². The standard InChI is InChI=1S/C15H15N3O2/c1-3-9-13-10(5-4-8-16-13)15(20)18(2)11-6-7-12(19)17-14(9)11/h4-8,17,19H,3H2,1-2H3. The Morgan fingerprint density at radius 3 is 2.95 bits per heavy atom. The first-order valence-corrected chi connectivity index (χ1v) is 6.48. The maximum absolute atomic E-state index is 12.5. The second kappa shape index (κ2) is 4.52. The largest absolute Gasteiger partial charge is 0.495 e. The van der Waals surface area contributed by atoms with Gasteiger partial charge in [0.2, 0.25) is 0 Å². The van der Waals surface area contributed by atoms with Gasteiger partial charge in [0.05, 0.1) is 22.7 Å². The molecular weight excluding hydrogens is 254 g/mol. The number of rotatable bonds is 1. The maximum Gasteiger partial charge on any atom is 0.260 e. The van der Waals surface area contributed by atoms with Crippen LogP contribution >= 0.6 is 0 Å². The number of fused-ring (bicyclic) bond motifs is 2. The van der Waals surface area contributed by atoms with Gasteiger partial charge in [0.15, 0.2) is 5.88 Å². The molecular formula is C15H15N3O2. The summed E-state index contributed by atoms with van der Waals surface area (Å²) in [6.45, 7) is 2.01. The molecule has 0 aromatic carbocycles. The van der Waals surface area contributed by atoms with Crippen LogP contribution < -0.4 is 5.32 Å². The van der Waals surface area contributed by atoms with E-state index in [9.17, 15) is 9.90 Å². The predicted octanol–water partition coefficient (Wildman–Crippen LogP) is 2.17. The normalized spacial score (nSPS) is 17.7. The lowest BCUT2D eigenvalue weighted by atomic mass is 10.0. The van der Waals surface area contributed by atoms with Gasteiger partial charge in [0, 0.05) is 24.9 Å². The molecule has 0 spiro atoms. The van der Waals surface area contributed by atoms with Crippen LogP contribution in [-0.2, 0) is 0 Å². The van der Waals surface area contributed by atoms with E-state index in [-0.39, 0.29) is 11.8 Å². The van der Waals surface area contributed by atoms with Gasteiger partial charge in [0.1, 0.15) is 0 Å². The molecule has 5 nitrogen and oxygen atoms in total. The van der Waals surface area contributed by atoms with E-state index in [2.05, 4.69) is 10.3 Å². The van der Waals surface area contributed by atoms with Crippen LogP contribution in [0, 0.1) is 0 Å². The van der Waals surface area contributed by atoms with Crippen molar-refractivity contribution in [3.05, 3.63) is 59.0 Å². The average molecular weight is 269 g/mol. The van der Waals surface area contributed by atoms with E-state index < -0.39 is 0 Å². The van der Waals surface area contributed by atoms with Crippen molar-refractivity contribution in [2.24, 2.45) is 0 Å². The number of carbonyl (C=O) groups is 1. The quantitative estimate of drug-likeness (QED) is 0.820. The number of dihydropyridines is 1. The van der Waals surface area contributed by atoms with Crippen molar-refractivity contribution in [3.63, 3.8) is 0 Å². The van der Waals surface area contributed by atoms with Crippen molar-refractivity contribution in [1.29, 1.82) is 0 Å². The van der Waals surface area contributed by atoms with Crippen LogP contribution in [0.25, 0.3) is 5.57 Å². The summed E-state index contributed by atoms with van der Waals surface area (Å²) in [6, 6.07) is 3.54. The van der Waals surface area contributed by atoms with Crippen LogP contribution in [0.3, 0.4) is 0 Å². The molecule has 0 radical (unpaired) electrons. The number of nitrogens with one attached hydrogen (secondary N) is 1. The second-order valence-electron chi connectivity index (χ2n) is 4.70. The van der Waals surface area contributed by atoms with Gasteiger partial charge in [-0.15, -0.1) is 0 Å². The highest BCUT2D eigenvalue weighted by Crippen LogP contribution is 2.33. The number of likely N-dealkylation sites (N-methyl/N-ethyl adjacent to an activating group) is 1. The average Bonchev–Trinajstić information content (AvgIpc) is 2.55. The summed E-state index contributed by atoms with van der Waals surface area (Å²) in [6.07, 6.45) is 5.66. The lowest BCUT2D eigenvalue weighted by Gasteiger charge is -2.24. The predicted molar refractivity (Wildman–Crippen MR) is 75.5 cm³/mol. The van der Waals surface area contributed by atoms with Crippen LogP contribution in [0.4, 0.5) is 0 Å². The molecule has 5 heteroatoms. The Morgan fingerprint density at radius 1 is 1.40 bits per heavy atom. The van der Waals surface area contributed by atoms with Gasteiger partial charge in [-0.3, -0.25) is 9.78 Å². The fourth-order valence-electron chi connectivity index (χ4n) is 2.56. The first-order valence-electron chi connectivity index (χ1n) is 6.48. The van der Waals surface area contributed by atoms with Gasteiger partial charge in [-0.1, -0.05) is 6.92 Å². The van der Waals surface area contributed by atoms with Crippen molar-refractivity contribution >= 4 is 11.5 Å². The SMILES string of the molecule is CCC1=C2NC(O)=CC=C2N(C)C(=O)c2cccnc21. The molecule has 1 aromatic rings. The van der Waals surface area contributed by atoms with Gasteiger partial charge < -0.3 is 15.3 Å². The molecule has 0 saturated heterocycles. The number of pyridine rings is 1. The number of carbonyl (C=O) groups excluding carboxylic acids is 1. The zero-order valence-electron chi connectivity index (χ0n) is 11.3. The van der Waals surface area contributed by atoms with E-state index in [1.54, 1.807) is 42.4 Å². The molecule has 2 aliphatic rings. The molecule has 0 bridgehead atoms. The smallest absolute Gasteiger partial charge is 0.260 e. The van der Waals surface area contributed by atoms with Crippen LogP contribution in [0.5, 0.6) is 0 Å². The van der Waals surface area contributed by atoms with Crippen molar-refractivity contribution < 1.29 is 9.90 Å². The first kappa shape index (κ1) is 12.5. The lowest BCUT2D eigenvalue weighted by molar-refractivity contribution is 0.0838. The first-order chi connectivity index (χ1) is 9.63. The van der Waals surface area contributed by atoms with Crippen molar-refractivity contribution in [2.45, 2.75) is 13.3 Å². The number of nitrogens with zero attached hydrogens (tertiary/aromatic N) is 2. The molecule has 0 saturated carbocycles. The van der Waals surface area contributed by atoms with Crippen molar-refractivity contribution in [1.82, 2.24) is 15.2 Å². The molecule has 0 unspecified atom stereocenters. The number of aromatic nitrogens is 1. The number of amides is 1. The van der Waals surface area contributed by atoms with Gasteiger partial charge in [-0.2, -0.15) is 0 Å².